The van der Waals surface area contributed by atoms with E-state index >= 15 is 0 Å². The maximum atomic E-state index is 12.8. The van der Waals surface area contributed by atoms with Crippen LogP contribution in [0.1, 0.15) is 29.3 Å². The topological polar surface area (TPSA) is 49.9 Å². The van der Waals surface area contributed by atoms with Crippen molar-refractivity contribution in [3.05, 3.63) is 63.6 Å². The predicted octanol–water partition coefficient (Wildman–Crippen LogP) is 4.31. The quantitative estimate of drug-likeness (QED) is 0.704. The Hall–Kier alpha value is -2.24. The number of halogens is 2. The maximum absolute atomic E-state index is 12.8. The van der Waals surface area contributed by atoms with Crippen molar-refractivity contribution >= 4 is 35.0 Å². The second kappa shape index (κ2) is 9.99. The zero-order valence-corrected chi connectivity index (χ0v) is 17.9. The molecule has 0 aliphatic carbocycles. The molecule has 2 aromatic carbocycles. The summed E-state index contributed by atoms with van der Waals surface area (Å²) in [5, 5.41) is 0.854. The highest BCUT2D eigenvalue weighted by molar-refractivity contribution is 6.35. The number of carbonyl (C=O) groups is 2. The zero-order chi connectivity index (χ0) is 20.8. The standard InChI is InChI=1S/C22H24Cl2N2O3/c1-2-29-18-7-4-16(5-8-18)14-21(27)25-10-3-11-26(13-12-25)22(28)19-15-17(23)6-9-20(19)24/h4-9,15H,2-3,10-14H2,1H3. The molecule has 1 heterocycles. The average Bonchev–Trinajstić information content (AvgIpc) is 2.97. The lowest BCUT2D eigenvalue weighted by Gasteiger charge is -2.23. The normalized spacial score (nSPS) is 14.4. The first-order chi connectivity index (χ1) is 14.0. The Morgan fingerprint density at radius 2 is 1.66 bits per heavy atom. The molecular formula is C22H24Cl2N2O3. The van der Waals surface area contributed by atoms with Crippen LogP contribution in [0.25, 0.3) is 0 Å². The van der Waals surface area contributed by atoms with Crippen LogP contribution in [0.2, 0.25) is 10.0 Å². The number of amides is 2. The van der Waals surface area contributed by atoms with E-state index in [1.54, 1.807) is 23.1 Å². The highest BCUT2D eigenvalue weighted by atomic mass is 35.5. The van der Waals surface area contributed by atoms with E-state index in [1.807, 2.05) is 36.1 Å². The van der Waals surface area contributed by atoms with Crippen molar-refractivity contribution in [1.82, 2.24) is 9.80 Å². The Labute approximate surface area is 181 Å². The number of hydrogen-bond acceptors (Lipinski definition) is 3. The van der Waals surface area contributed by atoms with E-state index in [0.717, 1.165) is 17.7 Å². The fraction of sp³-hybridized carbons (Fsp3) is 0.364. The number of ether oxygens (including phenoxy) is 1. The van der Waals surface area contributed by atoms with Gasteiger partial charge < -0.3 is 14.5 Å². The summed E-state index contributed by atoms with van der Waals surface area (Å²) in [5.74, 6) is 0.704. The molecule has 154 valence electrons. The molecule has 2 aromatic rings. The van der Waals surface area contributed by atoms with E-state index in [0.29, 0.717) is 54.8 Å². The van der Waals surface area contributed by atoms with Gasteiger partial charge in [0.25, 0.3) is 5.91 Å². The molecule has 0 radical (unpaired) electrons. The number of carbonyl (C=O) groups excluding carboxylic acids is 2. The van der Waals surface area contributed by atoms with E-state index in [1.165, 1.54) is 0 Å². The lowest BCUT2D eigenvalue weighted by atomic mass is 10.1. The molecule has 0 unspecified atom stereocenters. The SMILES string of the molecule is CCOc1ccc(CC(=O)N2CCCN(C(=O)c3cc(Cl)ccc3Cl)CC2)cc1. The van der Waals surface area contributed by atoms with Gasteiger partial charge in [0.1, 0.15) is 5.75 Å². The van der Waals surface area contributed by atoms with Gasteiger partial charge in [0.05, 0.1) is 23.6 Å². The van der Waals surface area contributed by atoms with Gasteiger partial charge in [0, 0.05) is 31.2 Å². The monoisotopic (exact) mass is 434 g/mol. The van der Waals surface area contributed by atoms with E-state index < -0.39 is 0 Å². The van der Waals surface area contributed by atoms with E-state index in [4.69, 9.17) is 27.9 Å². The van der Waals surface area contributed by atoms with Gasteiger partial charge in [-0.05, 0) is 49.2 Å². The molecule has 0 saturated carbocycles. The third-order valence-corrected chi connectivity index (χ3v) is 5.45. The summed E-state index contributed by atoms with van der Waals surface area (Å²) < 4.78 is 5.43. The molecule has 0 bridgehead atoms. The molecule has 5 nitrogen and oxygen atoms in total. The van der Waals surface area contributed by atoms with Crippen LogP contribution >= 0.6 is 23.2 Å². The van der Waals surface area contributed by atoms with Crippen molar-refractivity contribution in [3.8, 4) is 5.75 Å². The fourth-order valence-corrected chi connectivity index (χ4v) is 3.73. The summed E-state index contributed by atoms with van der Waals surface area (Å²) in [4.78, 5) is 29.1. The second-order valence-corrected chi connectivity index (χ2v) is 7.75. The van der Waals surface area contributed by atoms with Gasteiger partial charge in [-0.25, -0.2) is 0 Å². The van der Waals surface area contributed by atoms with Crippen molar-refractivity contribution in [2.75, 3.05) is 32.8 Å². The second-order valence-electron chi connectivity index (χ2n) is 6.90. The van der Waals surface area contributed by atoms with E-state index in [9.17, 15) is 9.59 Å². The van der Waals surface area contributed by atoms with Crippen LogP contribution in [0.5, 0.6) is 5.75 Å². The summed E-state index contributed by atoms with van der Waals surface area (Å²) in [7, 11) is 0. The van der Waals surface area contributed by atoms with Crippen molar-refractivity contribution in [2.24, 2.45) is 0 Å². The average molecular weight is 435 g/mol. The summed E-state index contributed by atoms with van der Waals surface area (Å²) in [6.07, 6.45) is 1.05. The minimum Gasteiger partial charge on any atom is -0.494 e. The van der Waals surface area contributed by atoms with Crippen molar-refractivity contribution in [3.63, 3.8) is 0 Å². The van der Waals surface area contributed by atoms with Crippen LogP contribution < -0.4 is 4.74 Å². The molecule has 1 fully saturated rings. The van der Waals surface area contributed by atoms with Gasteiger partial charge in [-0.2, -0.15) is 0 Å². The molecular weight excluding hydrogens is 411 g/mol. The van der Waals surface area contributed by atoms with Crippen LogP contribution in [0.4, 0.5) is 0 Å². The molecule has 0 aromatic heterocycles. The first kappa shape index (κ1) is 21.5. The van der Waals surface area contributed by atoms with E-state index in [2.05, 4.69) is 0 Å². The zero-order valence-electron chi connectivity index (χ0n) is 16.4. The Balaban J connectivity index is 1.59. The molecule has 29 heavy (non-hydrogen) atoms. The van der Waals surface area contributed by atoms with Crippen LogP contribution in [0, 0.1) is 0 Å². The maximum Gasteiger partial charge on any atom is 0.255 e. The number of rotatable bonds is 5. The Bertz CT molecular complexity index is 871. The lowest BCUT2D eigenvalue weighted by molar-refractivity contribution is -0.130. The first-order valence-electron chi connectivity index (χ1n) is 9.71. The van der Waals surface area contributed by atoms with Crippen LogP contribution in [0.15, 0.2) is 42.5 Å². The van der Waals surface area contributed by atoms with Crippen LogP contribution in [-0.2, 0) is 11.2 Å². The van der Waals surface area contributed by atoms with Gasteiger partial charge in [0.2, 0.25) is 5.91 Å². The fourth-order valence-electron chi connectivity index (χ4n) is 3.36. The largest absolute Gasteiger partial charge is 0.494 e. The molecule has 3 rings (SSSR count). The molecule has 1 aliphatic heterocycles. The number of hydrogen-bond donors (Lipinski definition) is 0. The first-order valence-corrected chi connectivity index (χ1v) is 10.5. The summed E-state index contributed by atoms with van der Waals surface area (Å²) in [6.45, 7) is 4.72. The summed E-state index contributed by atoms with van der Waals surface area (Å²) in [5.41, 5.74) is 1.34. The Kier molecular flexibility index (Phi) is 7.40. The Morgan fingerprint density at radius 1 is 0.966 bits per heavy atom. The summed E-state index contributed by atoms with van der Waals surface area (Å²) in [6, 6.07) is 12.5. The number of benzene rings is 2. The number of nitrogens with zero attached hydrogens (tertiary/aromatic N) is 2. The van der Waals surface area contributed by atoms with Gasteiger partial charge >= 0.3 is 0 Å². The predicted molar refractivity (Wildman–Crippen MR) is 115 cm³/mol. The molecule has 0 atom stereocenters. The molecule has 1 saturated heterocycles. The highest BCUT2D eigenvalue weighted by Gasteiger charge is 2.24. The minimum absolute atomic E-state index is 0.0595. The van der Waals surface area contributed by atoms with Crippen LogP contribution in [0.3, 0.4) is 0 Å². The lowest BCUT2D eigenvalue weighted by Crippen LogP contribution is -2.38. The smallest absolute Gasteiger partial charge is 0.255 e. The van der Waals surface area contributed by atoms with Crippen LogP contribution in [-0.4, -0.2) is 54.4 Å². The van der Waals surface area contributed by atoms with Gasteiger partial charge in [-0.15, -0.1) is 0 Å². The molecule has 0 spiro atoms. The van der Waals surface area contributed by atoms with Crippen molar-refractivity contribution in [2.45, 2.75) is 19.8 Å². The van der Waals surface area contributed by atoms with Gasteiger partial charge in [-0.1, -0.05) is 35.3 Å². The molecule has 1 aliphatic rings. The van der Waals surface area contributed by atoms with Gasteiger partial charge in [0.15, 0.2) is 0 Å². The van der Waals surface area contributed by atoms with Crippen molar-refractivity contribution < 1.29 is 14.3 Å². The van der Waals surface area contributed by atoms with Gasteiger partial charge in [-0.3, -0.25) is 9.59 Å². The molecule has 0 N–H and O–H groups in total. The molecule has 2 amide bonds. The molecule has 7 heteroatoms. The third kappa shape index (κ3) is 5.64. The minimum atomic E-state index is -0.154. The summed E-state index contributed by atoms with van der Waals surface area (Å²) >= 11 is 12.2. The Morgan fingerprint density at radius 3 is 2.38 bits per heavy atom. The van der Waals surface area contributed by atoms with E-state index in [-0.39, 0.29) is 11.8 Å². The van der Waals surface area contributed by atoms with Crippen molar-refractivity contribution in [1.29, 1.82) is 0 Å². The third-order valence-electron chi connectivity index (χ3n) is 4.88. The highest BCUT2D eigenvalue weighted by Crippen LogP contribution is 2.23.